The number of aromatic nitrogens is 2. The normalized spacial score (nSPS) is 20.2. The molecule has 2 N–H and O–H groups in total. The highest BCUT2D eigenvalue weighted by Gasteiger charge is 2.41. The van der Waals surface area contributed by atoms with Gasteiger partial charge >= 0.3 is 0 Å². The molecule has 0 unspecified atom stereocenters. The number of allylic oxidation sites excluding steroid dienone is 2. The Balaban J connectivity index is 1.66. The Morgan fingerprint density at radius 2 is 1.88 bits per heavy atom. The summed E-state index contributed by atoms with van der Waals surface area (Å²) >= 11 is 0. The van der Waals surface area contributed by atoms with Crippen molar-refractivity contribution in [2.24, 2.45) is 0 Å². The summed E-state index contributed by atoms with van der Waals surface area (Å²) in [6.07, 6.45) is 8.11. The van der Waals surface area contributed by atoms with E-state index in [4.69, 9.17) is 9.15 Å². The smallest absolute Gasteiger partial charge is 0.202 e. The van der Waals surface area contributed by atoms with E-state index in [-0.39, 0.29) is 23.6 Å². The van der Waals surface area contributed by atoms with E-state index in [0.29, 0.717) is 17.2 Å². The minimum Gasteiger partial charge on any atom is -0.496 e. The van der Waals surface area contributed by atoms with Crippen LogP contribution in [0.1, 0.15) is 29.4 Å². The molecule has 0 saturated carbocycles. The minimum absolute atomic E-state index is 0.0961. The van der Waals surface area contributed by atoms with Gasteiger partial charge < -0.3 is 19.4 Å². The second-order valence-electron chi connectivity index (χ2n) is 6.39. The molecular formula is C19H16N2O4. The Kier molecular flexibility index (Phi) is 2.80. The Bertz CT molecular complexity index is 966. The van der Waals surface area contributed by atoms with Crippen molar-refractivity contribution in [1.82, 2.24) is 9.55 Å². The summed E-state index contributed by atoms with van der Waals surface area (Å²) in [5.74, 6) is 1.72. The fourth-order valence-corrected chi connectivity index (χ4v) is 4.06. The zero-order chi connectivity index (χ0) is 17.1. The van der Waals surface area contributed by atoms with Crippen LogP contribution in [0.25, 0.3) is 17.0 Å². The maximum atomic E-state index is 10.7. The van der Waals surface area contributed by atoms with Gasteiger partial charge in [0.15, 0.2) is 12.2 Å². The molecule has 2 aromatic heterocycles. The number of benzene rings is 1. The van der Waals surface area contributed by atoms with Crippen LogP contribution in [0.2, 0.25) is 0 Å². The van der Waals surface area contributed by atoms with Gasteiger partial charge in [-0.2, -0.15) is 0 Å². The van der Waals surface area contributed by atoms with Gasteiger partial charge in [0, 0.05) is 29.0 Å². The third-order valence-corrected chi connectivity index (χ3v) is 5.16. The molecule has 2 bridgehead atoms. The molecule has 0 spiro atoms. The summed E-state index contributed by atoms with van der Waals surface area (Å²) in [4.78, 5) is 3.93. The molecule has 2 aliphatic rings. The summed E-state index contributed by atoms with van der Waals surface area (Å²) < 4.78 is 12.3. The first-order valence-corrected chi connectivity index (χ1v) is 8.11. The van der Waals surface area contributed by atoms with Gasteiger partial charge in [-0.3, -0.25) is 4.57 Å². The Hall–Kier alpha value is -3.15. The van der Waals surface area contributed by atoms with E-state index in [2.05, 4.69) is 17.1 Å². The van der Waals surface area contributed by atoms with E-state index >= 15 is 0 Å². The number of fused-ring (bicyclic) bond motifs is 5. The zero-order valence-electron chi connectivity index (χ0n) is 13.5. The van der Waals surface area contributed by atoms with Crippen molar-refractivity contribution in [3.63, 3.8) is 0 Å². The lowest BCUT2D eigenvalue weighted by Gasteiger charge is -2.13. The van der Waals surface area contributed by atoms with Crippen LogP contribution < -0.4 is 4.74 Å². The standard InChI is InChI=1S/C19H16N2O4/c1-24-14-7-12(4-5-13(14)15-8-20-9-25-15)21-18(22)16-10-2-3-11(6-10)17(16)19(21)23/h2-5,7-11,22-23H,6H2,1H3/t10-,11+. The van der Waals surface area contributed by atoms with Crippen molar-refractivity contribution in [1.29, 1.82) is 0 Å². The van der Waals surface area contributed by atoms with E-state index in [1.807, 2.05) is 12.1 Å². The summed E-state index contributed by atoms with van der Waals surface area (Å²) in [6.45, 7) is 0. The van der Waals surface area contributed by atoms with Gasteiger partial charge in [-0.25, -0.2) is 4.98 Å². The third kappa shape index (κ3) is 1.82. The molecule has 0 aliphatic heterocycles. The van der Waals surface area contributed by atoms with Gasteiger partial charge in [-0.1, -0.05) is 12.2 Å². The monoisotopic (exact) mass is 336 g/mol. The second-order valence-corrected chi connectivity index (χ2v) is 6.39. The highest BCUT2D eigenvalue weighted by molar-refractivity contribution is 5.69. The van der Waals surface area contributed by atoms with Crippen LogP contribution in [0, 0.1) is 0 Å². The minimum atomic E-state index is 0.0961. The van der Waals surface area contributed by atoms with Crippen molar-refractivity contribution in [2.45, 2.75) is 18.3 Å². The van der Waals surface area contributed by atoms with Crippen LogP contribution in [-0.2, 0) is 0 Å². The zero-order valence-corrected chi connectivity index (χ0v) is 13.5. The Morgan fingerprint density at radius 1 is 1.16 bits per heavy atom. The molecule has 0 saturated heterocycles. The number of ether oxygens (including phenoxy) is 1. The molecule has 0 fully saturated rings. The number of oxazole rings is 1. The fourth-order valence-electron chi connectivity index (χ4n) is 4.06. The highest BCUT2D eigenvalue weighted by atomic mass is 16.5. The topological polar surface area (TPSA) is 80.7 Å². The van der Waals surface area contributed by atoms with E-state index in [0.717, 1.165) is 23.1 Å². The van der Waals surface area contributed by atoms with Crippen LogP contribution >= 0.6 is 0 Å². The maximum Gasteiger partial charge on any atom is 0.202 e. The first kappa shape index (κ1) is 14.2. The molecule has 126 valence electrons. The lowest BCUT2D eigenvalue weighted by molar-refractivity contribution is 0.393. The average Bonchev–Trinajstić information content (AvgIpc) is 3.39. The first-order valence-electron chi connectivity index (χ1n) is 8.11. The number of hydrogen-bond acceptors (Lipinski definition) is 5. The molecule has 2 aliphatic carbocycles. The molecule has 1 aromatic carbocycles. The highest BCUT2D eigenvalue weighted by Crippen LogP contribution is 2.57. The first-order chi connectivity index (χ1) is 12.2. The van der Waals surface area contributed by atoms with Crippen molar-refractivity contribution in [3.8, 4) is 34.5 Å². The number of methoxy groups -OCH3 is 1. The summed E-state index contributed by atoms with van der Waals surface area (Å²) in [5.41, 5.74) is 3.06. The predicted octanol–water partition coefficient (Wildman–Crippen LogP) is 3.69. The van der Waals surface area contributed by atoms with Crippen LogP contribution in [0.5, 0.6) is 17.5 Å². The van der Waals surface area contributed by atoms with Crippen LogP contribution in [0.15, 0.2) is 47.4 Å². The summed E-state index contributed by atoms with van der Waals surface area (Å²) in [5, 5.41) is 21.4. The van der Waals surface area contributed by atoms with Gasteiger partial charge in [0.2, 0.25) is 11.8 Å². The summed E-state index contributed by atoms with van der Waals surface area (Å²) in [6, 6.07) is 5.40. The van der Waals surface area contributed by atoms with E-state index in [1.54, 1.807) is 19.4 Å². The quantitative estimate of drug-likeness (QED) is 0.713. The molecule has 0 radical (unpaired) electrons. The molecule has 3 aromatic rings. The van der Waals surface area contributed by atoms with Gasteiger partial charge in [0.1, 0.15) is 5.75 Å². The molecule has 0 amide bonds. The van der Waals surface area contributed by atoms with Gasteiger partial charge in [0.05, 0.1) is 24.6 Å². The van der Waals surface area contributed by atoms with Crippen molar-refractivity contribution in [2.75, 3.05) is 7.11 Å². The number of nitrogens with zero attached hydrogens (tertiary/aromatic N) is 2. The lowest BCUT2D eigenvalue weighted by atomic mass is 10.0. The second kappa shape index (κ2) is 4.92. The summed E-state index contributed by atoms with van der Waals surface area (Å²) in [7, 11) is 1.57. The van der Waals surface area contributed by atoms with Crippen molar-refractivity contribution in [3.05, 3.63) is 54.1 Å². The van der Waals surface area contributed by atoms with Crippen LogP contribution in [0.4, 0.5) is 0 Å². The SMILES string of the molecule is COc1cc(-n2c(O)c3c(c2O)[C@H]2C=C[C@@H]3C2)ccc1-c1cnco1. The van der Waals surface area contributed by atoms with Gasteiger partial charge in [0.25, 0.3) is 0 Å². The van der Waals surface area contributed by atoms with E-state index < -0.39 is 0 Å². The lowest BCUT2D eigenvalue weighted by Crippen LogP contribution is -1.97. The van der Waals surface area contributed by atoms with Crippen LogP contribution in [-0.4, -0.2) is 26.9 Å². The molecular weight excluding hydrogens is 320 g/mol. The number of aromatic hydroxyl groups is 2. The predicted molar refractivity (Wildman–Crippen MR) is 90.4 cm³/mol. The van der Waals surface area contributed by atoms with E-state index in [1.165, 1.54) is 11.0 Å². The molecule has 25 heavy (non-hydrogen) atoms. The van der Waals surface area contributed by atoms with E-state index in [9.17, 15) is 10.2 Å². The van der Waals surface area contributed by atoms with Crippen LogP contribution in [0.3, 0.4) is 0 Å². The molecule has 6 nitrogen and oxygen atoms in total. The molecule has 6 heteroatoms. The third-order valence-electron chi connectivity index (χ3n) is 5.16. The Morgan fingerprint density at radius 3 is 2.48 bits per heavy atom. The largest absolute Gasteiger partial charge is 0.496 e. The van der Waals surface area contributed by atoms with Crippen molar-refractivity contribution >= 4 is 0 Å². The average molecular weight is 336 g/mol. The molecule has 5 rings (SSSR count). The Labute approximate surface area is 143 Å². The number of rotatable bonds is 3. The molecule has 2 heterocycles. The van der Waals surface area contributed by atoms with Gasteiger partial charge in [-0.15, -0.1) is 0 Å². The van der Waals surface area contributed by atoms with Crippen molar-refractivity contribution < 1.29 is 19.4 Å². The maximum absolute atomic E-state index is 10.7. The molecule has 2 atom stereocenters. The van der Waals surface area contributed by atoms with Gasteiger partial charge in [-0.05, 0) is 18.6 Å². The number of hydrogen-bond donors (Lipinski definition) is 2. The fraction of sp³-hybridized carbons (Fsp3) is 0.211.